The van der Waals surface area contributed by atoms with E-state index in [1.54, 1.807) is 0 Å². The quantitative estimate of drug-likeness (QED) is 0.819. The van der Waals surface area contributed by atoms with Gasteiger partial charge in [0.05, 0.1) is 11.9 Å². The van der Waals surface area contributed by atoms with Crippen molar-refractivity contribution < 1.29 is 13.2 Å². The highest BCUT2D eigenvalue weighted by Crippen LogP contribution is 2.25. The largest absolute Gasteiger partial charge is 0.378 e. The Labute approximate surface area is 104 Å². The van der Waals surface area contributed by atoms with Crippen molar-refractivity contribution in [2.24, 2.45) is 5.92 Å². The Morgan fingerprint density at radius 2 is 2.06 bits per heavy atom. The van der Waals surface area contributed by atoms with Crippen molar-refractivity contribution in [2.75, 3.05) is 12.4 Å². The Hall–Kier alpha value is -0.130. The Bertz CT molecular complexity index is 336. The highest BCUT2D eigenvalue weighted by Gasteiger charge is 2.28. The molecule has 0 aromatic carbocycles. The predicted molar refractivity (Wildman–Crippen MR) is 67.3 cm³/mol. The number of sulfonamides is 1. The summed E-state index contributed by atoms with van der Waals surface area (Å²) in [6.07, 6.45) is 6.13. The van der Waals surface area contributed by atoms with Crippen LogP contribution in [0.1, 0.15) is 45.4 Å². The molecule has 17 heavy (non-hydrogen) atoms. The molecule has 0 radical (unpaired) electrons. The van der Waals surface area contributed by atoms with Crippen molar-refractivity contribution >= 4 is 10.0 Å². The van der Waals surface area contributed by atoms with Gasteiger partial charge in [-0.05, 0) is 38.0 Å². The van der Waals surface area contributed by atoms with E-state index in [4.69, 9.17) is 4.74 Å². The van der Waals surface area contributed by atoms with Crippen LogP contribution in [-0.2, 0) is 14.8 Å². The third-order valence-corrected chi connectivity index (χ3v) is 5.36. The summed E-state index contributed by atoms with van der Waals surface area (Å²) >= 11 is 0. The summed E-state index contributed by atoms with van der Waals surface area (Å²) < 4.78 is 32.1. The van der Waals surface area contributed by atoms with Crippen molar-refractivity contribution in [3.05, 3.63) is 0 Å². The van der Waals surface area contributed by atoms with Gasteiger partial charge in [0.15, 0.2) is 0 Å². The van der Waals surface area contributed by atoms with Crippen molar-refractivity contribution in [2.45, 2.75) is 57.6 Å². The maximum absolute atomic E-state index is 11.9. The van der Waals surface area contributed by atoms with E-state index >= 15 is 0 Å². The van der Waals surface area contributed by atoms with E-state index in [-0.39, 0.29) is 17.9 Å². The topological polar surface area (TPSA) is 55.4 Å². The van der Waals surface area contributed by atoms with Crippen LogP contribution in [0, 0.1) is 5.92 Å². The molecule has 1 heterocycles. The smallest absolute Gasteiger partial charge is 0.211 e. The molecule has 0 aromatic heterocycles. The molecule has 5 heteroatoms. The van der Waals surface area contributed by atoms with Gasteiger partial charge in [-0.3, -0.25) is 0 Å². The second-order valence-electron chi connectivity index (χ2n) is 5.38. The lowest BCUT2D eigenvalue weighted by molar-refractivity contribution is 0.108. The Morgan fingerprint density at radius 1 is 1.24 bits per heavy atom. The van der Waals surface area contributed by atoms with E-state index < -0.39 is 10.0 Å². The molecule has 1 saturated heterocycles. The van der Waals surface area contributed by atoms with Crippen LogP contribution >= 0.6 is 0 Å². The van der Waals surface area contributed by atoms with Gasteiger partial charge in [0, 0.05) is 12.6 Å². The third-order valence-electron chi connectivity index (χ3n) is 3.92. The zero-order chi connectivity index (χ0) is 12.3. The first kappa shape index (κ1) is 13.3. The average Bonchev–Trinajstić information content (AvgIpc) is 2.88. The molecule has 0 amide bonds. The van der Waals surface area contributed by atoms with Crippen LogP contribution in [-0.4, -0.2) is 32.9 Å². The number of nitrogens with one attached hydrogen (secondary N) is 1. The average molecular weight is 261 g/mol. The standard InChI is InChI=1S/C12H23NO3S/c1-10-4-2-6-12(10)13-17(14,15)9-7-11-5-3-8-16-11/h10-13H,2-9H2,1H3/t10-,11+,12+/m1/s1. The van der Waals surface area contributed by atoms with Crippen LogP contribution < -0.4 is 4.72 Å². The molecule has 0 aromatic rings. The molecule has 0 unspecified atom stereocenters. The minimum Gasteiger partial charge on any atom is -0.378 e. The van der Waals surface area contributed by atoms with Crippen LogP contribution in [0.3, 0.4) is 0 Å². The monoisotopic (exact) mass is 261 g/mol. The maximum Gasteiger partial charge on any atom is 0.211 e. The van der Waals surface area contributed by atoms with E-state index in [1.807, 2.05) is 0 Å². The summed E-state index contributed by atoms with van der Waals surface area (Å²) in [5.74, 6) is 0.688. The zero-order valence-electron chi connectivity index (χ0n) is 10.5. The maximum atomic E-state index is 11.9. The summed E-state index contributed by atoms with van der Waals surface area (Å²) in [6.45, 7) is 2.91. The minimum absolute atomic E-state index is 0.157. The first-order chi connectivity index (χ1) is 8.07. The van der Waals surface area contributed by atoms with Gasteiger partial charge in [0.1, 0.15) is 0 Å². The number of ether oxygens (including phenoxy) is 1. The van der Waals surface area contributed by atoms with Crippen LogP contribution in [0.5, 0.6) is 0 Å². The predicted octanol–water partition coefficient (Wildman–Crippen LogP) is 1.66. The fourth-order valence-electron chi connectivity index (χ4n) is 2.77. The summed E-state index contributed by atoms with van der Waals surface area (Å²) in [7, 11) is -3.12. The van der Waals surface area contributed by atoms with Gasteiger partial charge in [-0.2, -0.15) is 0 Å². The fraction of sp³-hybridized carbons (Fsp3) is 1.00. The lowest BCUT2D eigenvalue weighted by Crippen LogP contribution is -2.38. The number of hydrogen-bond acceptors (Lipinski definition) is 3. The Morgan fingerprint density at radius 3 is 2.65 bits per heavy atom. The molecule has 0 bridgehead atoms. The van der Waals surface area contributed by atoms with Gasteiger partial charge in [-0.25, -0.2) is 13.1 Å². The van der Waals surface area contributed by atoms with Crippen molar-refractivity contribution in [1.29, 1.82) is 0 Å². The SMILES string of the molecule is C[C@@H]1CCC[C@@H]1NS(=O)(=O)CC[C@@H]1CCCO1. The van der Waals surface area contributed by atoms with Crippen LogP contribution in [0.4, 0.5) is 0 Å². The molecule has 1 saturated carbocycles. The zero-order valence-corrected chi connectivity index (χ0v) is 11.3. The van der Waals surface area contributed by atoms with E-state index in [1.165, 1.54) is 0 Å². The van der Waals surface area contributed by atoms with Gasteiger partial charge in [0.2, 0.25) is 10.0 Å². The molecule has 3 atom stereocenters. The Kier molecular flexibility index (Phi) is 4.44. The van der Waals surface area contributed by atoms with Gasteiger partial charge in [-0.1, -0.05) is 13.3 Å². The van der Waals surface area contributed by atoms with Gasteiger partial charge < -0.3 is 4.74 Å². The fourth-order valence-corrected chi connectivity index (χ4v) is 4.27. The molecule has 4 nitrogen and oxygen atoms in total. The van der Waals surface area contributed by atoms with Crippen LogP contribution in [0.25, 0.3) is 0 Å². The van der Waals surface area contributed by atoms with Gasteiger partial charge in [0.25, 0.3) is 0 Å². The summed E-state index contributed by atoms with van der Waals surface area (Å²) in [5, 5.41) is 0. The molecule has 1 aliphatic heterocycles. The molecular formula is C12H23NO3S. The van der Waals surface area contributed by atoms with Crippen molar-refractivity contribution in [3.63, 3.8) is 0 Å². The second-order valence-corrected chi connectivity index (χ2v) is 7.25. The Balaban J connectivity index is 1.77. The minimum atomic E-state index is -3.12. The highest BCUT2D eigenvalue weighted by atomic mass is 32.2. The first-order valence-corrected chi connectivity index (χ1v) is 8.34. The first-order valence-electron chi connectivity index (χ1n) is 6.68. The second kappa shape index (κ2) is 5.67. The van der Waals surface area contributed by atoms with E-state index in [0.29, 0.717) is 12.3 Å². The summed E-state index contributed by atoms with van der Waals surface area (Å²) in [5.41, 5.74) is 0. The van der Waals surface area contributed by atoms with Gasteiger partial charge in [-0.15, -0.1) is 0 Å². The van der Waals surface area contributed by atoms with E-state index in [9.17, 15) is 8.42 Å². The molecular weight excluding hydrogens is 238 g/mol. The third kappa shape index (κ3) is 3.93. The molecule has 100 valence electrons. The number of rotatable bonds is 5. The highest BCUT2D eigenvalue weighted by molar-refractivity contribution is 7.89. The molecule has 2 fully saturated rings. The van der Waals surface area contributed by atoms with Gasteiger partial charge >= 0.3 is 0 Å². The van der Waals surface area contributed by atoms with E-state index in [2.05, 4.69) is 11.6 Å². The molecule has 2 rings (SSSR count). The summed E-state index contributed by atoms with van der Waals surface area (Å²) in [4.78, 5) is 0. The molecule has 0 spiro atoms. The molecule has 2 aliphatic rings. The van der Waals surface area contributed by atoms with E-state index in [0.717, 1.165) is 38.7 Å². The van der Waals surface area contributed by atoms with Crippen LogP contribution in [0.2, 0.25) is 0 Å². The lowest BCUT2D eigenvalue weighted by atomic mass is 10.1. The number of hydrogen-bond donors (Lipinski definition) is 1. The lowest BCUT2D eigenvalue weighted by Gasteiger charge is -2.18. The van der Waals surface area contributed by atoms with Crippen molar-refractivity contribution in [1.82, 2.24) is 4.72 Å². The molecule has 1 aliphatic carbocycles. The normalized spacial score (nSPS) is 34.3. The van der Waals surface area contributed by atoms with Crippen molar-refractivity contribution in [3.8, 4) is 0 Å². The summed E-state index contributed by atoms with van der Waals surface area (Å²) in [6, 6.07) is 0.157. The molecule has 1 N–H and O–H groups in total. The van der Waals surface area contributed by atoms with Crippen LogP contribution in [0.15, 0.2) is 0 Å².